The number of nitrogens with zero attached hydrogens (tertiary/aromatic N) is 3. The largest absolute Gasteiger partial charge is 0.494 e. The van der Waals surface area contributed by atoms with Crippen molar-refractivity contribution < 1.29 is 9.90 Å². The molecule has 2 aromatic carbocycles. The van der Waals surface area contributed by atoms with Gasteiger partial charge in [0.2, 0.25) is 5.88 Å². The van der Waals surface area contributed by atoms with Crippen LogP contribution in [0.15, 0.2) is 76.9 Å². The van der Waals surface area contributed by atoms with E-state index in [2.05, 4.69) is 15.5 Å². The summed E-state index contributed by atoms with van der Waals surface area (Å²) in [5, 5.41) is 16.0. The van der Waals surface area contributed by atoms with Gasteiger partial charge in [0, 0.05) is 23.2 Å². The van der Waals surface area contributed by atoms with E-state index >= 15 is 0 Å². The molecule has 4 rings (SSSR count). The fraction of sp³-hybridized carbons (Fsp3) is 0.0833. The van der Waals surface area contributed by atoms with Gasteiger partial charge in [-0.2, -0.15) is 5.10 Å². The molecule has 4 aromatic rings. The van der Waals surface area contributed by atoms with Gasteiger partial charge < -0.3 is 5.11 Å². The molecule has 7 nitrogen and oxygen atoms in total. The number of carbonyl (C=O) groups is 1. The van der Waals surface area contributed by atoms with Gasteiger partial charge in [0.15, 0.2) is 0 Å². The first kappa shape index (κ1) is 20.0. The number of nitrogens with one attached hydrogen (secondary N) is 1. The lowest BCUT2D eigenvalue weighted by Crippen LogP contribution is -2.21. The highest BCUT2D eigenvalue weighted by molar-refractivity contribution is 6.02. The van der Waals surface area contributed by atoms with E-state index in [1.807, 2.05) is 26.0 Å². The molecule has 0 unspecified atom stereocenters. The Balaban J connectivity index is 1.82. The second-order valence-corrected chi connectivity index (χ2v) is 7.13. The highest BCUT2D eigenvalue weighted by Crippen LogP contribution is 2.26. The van der Waals surface area contributed by atoms with E-state index in [9.17, 15) is 14.7 Å². The van der Waals surface area contributed by atoms with Crippen molar-refractivity contribution in [1.82, 2.24) is 15.0 Å². The van der Waals surface area contributed by atoms with Crippen LogP contribution in [0.25, 0.3) is 16.5 Å². The number of aromatic hydroxyl groups is 1. The molecule has 0 atom stereocenters. The molecule has 0 aliphatic rings. The Morgan fingerprint density at radius 2 is 1.84 bits per heavy atom. The average molecular weight is 412 g/mol. The average Bonchev–Trinajstić information content (AvgIpc) is 2.79. The second kappa shape index (κ2) is 8.23. The first-order chi connectivity index (χ1) is 15.0. The zero-order valence-electron chi connectivity index (χ0n) is 17.0. The van der Waals surface area contributed by atoms with Crippen molar-refractivity contribution in [2.45, 2.75) is 13.8 Å². The highest BCUT2D eigenvalue weighted by atomic mass is 16.3. The predicted octanol–water partition coefficient (Wildman–Crippen LogP) is 3.47. The van der Waals surface area contributed by atoms with E-state index in [1.165, 1.54) is 17.0 Å². The second-order valence-electron chi connectivity index (χ2n) is 7.13. The van der Waals surface area contributed by atoms with Gasteiger partial charge in [0.05, 0.1) is 23.0 Å². The van der Waals surface area contributed by atoms with E-state index in [4.69, 9.17) is 0 Å². The van der Waals surface area contributed by atoms with Gasteiger partial charge in [-0.05, 0) is 55.3 Å². The minimum Gasteiger partial charge on any atom is -0.494 e. The normalized spacial score (nSPS) is 11.2. The molecule has 0 fully saturated rings. The fourth-order valence-corrected chi connectivity index (χ4v) is 3.31. The molecule has 154 valence electrons. The van der Waals surface area contributed by atoms with Crippen LogP contribution in [0.1, 0.15) is 27.0 Å². The zero-order chi connectivity index (χ0) is 22.0. The Kier molecular flexibility index (Phi) is 5.32. The number of hydrogen-bond acceptors (Lipinski definition) is 5. The molecule has 2 aromatic heterocycles. The number of hydrazone groups is 1. The van der Waals surface area contributed by atoms with Crippen molar-refractivity contribution in [3.63, 3.8) is 0 Å². The summed E-state index contributed by atoms with van der Waals surface area (Å²) in [6.07, 6.45) is 4.33. The van der Waals surface area contributed by atoms with Crippen molar-refractivity contribution in [2.24, 2.45) is 5.10 Å². The van der Waals surface area contributed by atoms with Crippen LogP contribution in [-0.2, 0) is 0 Å². The number of aromatic nitrogens is 2. The van der Waals surface area contributed by atoms with Crippen molar-refractivity contribution in [2.75, 3.05) is 0 Å². The molecular weight excluding hydrogens is 392 g/mol. The molecule has 0 radical (unpaired) electrons. The van der Waals surface area contributed by atoms with Gasteiger partial charge in [-0.25, -0.2) is 9.99 Å². The Hall–Kier alpha value is -4.26. The lowest BCUT2D eigenvalue weighted by molar-refractivity contribution is 0.0954. The smallest absolute Gasteiger partial charge is 0.272 e. The minimum absolute atomic E-state index is 0.258. The van der Waals surface area contributed by atoms with Crippen molar-refractivity contribution >= 4 is 22.9 Å². The quantitative estimate of drug-likeness (QED) is 0.396. The molecule has 0 aliphatic heterocycles. The molecule has 0 spiro atoms. The van der Waals surface area contributed by atoms with Crippen LogP contribution in [0, 0.1) is 13.8 Å². The van der Waals surface area contributed by atoms with Crippen LogP contribution >= 0.6 is 0 Å². The SMILES string of the molecule is Cc1ccc(-n2c(O)c(/C=N/NC(=O)c3cccnc3)c3ccccc3c2=O)cc1C. The molecule has 0 saturated carbocycles. The van der Waals surface area contributed by atoms with Crippen molar-refractivity contribution in [3.05, 3.63) is 99.6 Å². The fourth-order valence-electron chi connectivity index (χ4n) is 3.31. The molecule has 0 bridgehead atoms. The number of rotatable bonds is 4. The van der Waals surface area contributed by atoms with Gasteiger partial charge >= 0.3 is 0 Å². The Morgan fingerprint density at radius 1 is 1.06 bits per heavy atom. The van der Waals surface area contributed by atoms with Crippen LogP contribution in [0.3, 0.4) is 0 Å². The van der Waals surface area contributed by atoms with Gasteiger partial charge in [0.25, 0.3) is 11.5 Å². The third-order valence-corrected chi connectivity index (χ3v) is 5.14. The molecule has 2 N–H and O–H groups in total. The van der Waals surface area contributed by atoms with E-state index in [0.29, 0.717) is 27.6 Å². The Morgan fingerprint density at radius 3 is 2.55 bits per heavy atom. The number of carbonyl (C=O) groups excluding carboxylic acids is 1. The summed E-state index contributed by atoms with van der Waals surface area (Å²) in [5.74, 6) is -0.693. The summed E-state index contributed by atoms with van der Waals surface area (Å²) in [5.41, 5.74) is 5.38. The van der Waals surface area contributed by atoms with Crippen LogP contribution in [0.5, 0.6) is 5.88 Å². The van der Waals surface area contributed by atoms with Crippen LogP contribution in [0.2, 0.25) is 0 Å². The molecule has 1 amide bonds. The summed E-state index contributed by atoms with van der Waals surface area (Å²) in [6.45, 7) is 3.92. The standard InChI is InChI=1S/C24H20N4O3/c1-15-9-10-18(12-16(15)2)28-23(30)20-8-4-3-7-19(20)21(24(28)31)14-26-27-22(29)17-6-5-11-25-13-17/h3-14,31H,1-2H3,(H,27,29)/b26-14+. The maximum atomic E-state index is 13.1. The van der Waals surface area contributed by atoms with E-state index < -0.39 is 5.91 Å². The molecule has 2 heterocycles. The maximum absolute atomic E-state index is 13.1. The van der Waals surface area contributed by atoms with Gasteiger partial charge in [-0.15, -0.1) is 0 Å². The van der Waals surface area contributed by atoms with Gasteiger partial charge in [0.1, 0.15) is 0 Å². The maximum Gasteiger partial charge on any atom is 0.272 e. The number of benzene rings is 2. The van der Waals surface area contributed by atoms with Crippen LogP contribution in [0.4, 0.5) is 0 Å². The lowest BCUT2D eigenvalue weighted by Gasteiger charge is -2.14. The highest BCUT2D eigenvalue weighted by Gasteiger charge is 2.16. The monoisotopic (exact) mass is 412 g/mol. The van der Waals surface area contributed by atoms with E-state index in [1.54, 1.807) is 48.7 Å². The van der Waals surface area contributed by atoms with Crippen molar-refractivity contribution in [3.8, 4) is 11.6 Å². The Labute approximate surface area is 178 Å². The van der Waals surface area contributed by atoms with Crippen LogP contribution < -0.4 is 11.0 Å². The summed E-state index contributed by atoms with van der Waals surface area (Å²) < 4.78 is 1.25. The van der Waals surface area contributed by atoms with E-state index in [-0.39, 0.29) is 11.4 Å². The molecular formula is C24H20N4O3. The lowest BCUT2D eigenvalue weighted by atomic mass is 10.1. The molecule has 7 heteroatoms. The number of fused-ring (bicyclic) bond motifs is 1. The van der Waals surface area contributed by atoms with E-state index in [0.717, 1.165) is 11.1 Å². The van der Waals surface area contributed by atoms with Gasteiger partial charge in [-0.1, -0.05) is 24.3 Å². The molecule has 0 saturated heterocycles. The van der Waals surface area contributed by atoms with Gasteiger partial charge in [-0.3, -0.25) is 14.6 Å². The summed E-state index contributed by atoms with van der Waals surface area (Å²) in [4.78, 5) is 29.3. The number of hydrogen-bond donors (Lipinski definition) is 2. The molecule has 31 heavy (non-hydrogen) atoms. The number of pyridine rings is 2. The minimum atomic E-state index is -0.435. The molecule has 0 aliphatic carbocycles. The Bertz CT molecular complexity index is 1380. The zero-order valence-corrected chi connectivity index (χ0v) is 17.0. The number of amides is 1. The third kappa shape index (κ3) is 3.81. The summed E-state index contributed by atoms with van der Waals surface area (Å²) >= 11 is 0. The topological polar surface area (TPSA) is 96.6 Å². The first-order valence-corrected chi connectivity index (χ1v) is 9.65. The number of aryl methyl sites for hydroxylation is 2. The predicted molar refractivity (Wildman–Crippen MR) is 120 cm³/mol. The van der Waals surface area contributed by atoms with Crippen molar-refractivity contribution in [1.29, 1.82) is 0 Å². The third-order valence-electron chi connectivity index (χ3n) is 5.14. The summed E-state index contributed by atoms with van der Waals surface area (Å²) in [6, 6.07) is 15.7. The summed E-state index contributed by atoms with van der Waals surface area (Å²) in [7, 11) is 0. The van der Waals surface area contributed by atoms with Crippen LogP contribution in [-0.4, -0.2) is 26.8 Å². The first-order valence-electron chi connectivity index (χ1n) is 9.65.